The molecule has 5 nitrogen and oxygen atoms in total. The molecule has 19 heavy (non-hydrogen) atoms. The first-order chi connectivity index (χ1) is 9.29. The summed E-state index contributed by atoms with van der Waals surface area (Å²) in [7, 11) is 0. The fourth-order valence-corrected chi connectivity index (χ4v) is 2.43. The van der Waals surface area contributed by atoms with Gasteiger partial charge in [0.15, 0.2) is 0 Å². The van der Waals surface area contributed by atoms with Crippen LogP contribution in [0.5, 0.6) is 5.88 Å². The lowest BCUT2D eigenvalue weighted by molar-refractivity contribution is 0.304. The van der Waals surface area contributed by atoms with Gasteiger partial charge in [0.2, 0.25) is 11.8 Å². The minimum absolute atomic E-state index is 0.306. The molecule has 1 aromatic rings. The van der Waals surface area contributed by atoms with Crippen molar-refractivity contribution in [2.75, 3.05) is 18.5 Å². The fraction of sp³-hybridized carbons (Fsp3) is 0.714. The lowest BCUT2D eigenvalue weighted by Gasteiger charge is -2.28. The minimum Gasteiger partial charge on any atom is -0.478 e. The number of nitrogens with one attached hydrogen (secondary N) is 1. The Morgan fingerprint density at radius 3 is 3.05 bits per heavy atom. The predicted octanol–water partition coefficient (Wildman–Crippen LogP) is 2.19. The van der Waals surface area contributed by atoms with E-state index in [9.17, 15) is 0 Å². The average Bonchev–Trinajstić information content (AvgIpc) is 2.45. The molecule has 2 unspecified atom stereocenters. The Hall–Kier alpha value is -1.36. The zero-order chi connectivity index (χ0) is 13.5. The number of aromatic nitrogens is 2. The highest BCUT2D eigenvalue weighted by Gasteiger charge is 2.21. The van der Waals surface area contributed by atoms with Crippen molar-refractivity contribution in [2.24, 2.45) is 11.7 Å². The molecule has 2 atom stereocenters. The van der Waals surface area contributed by atoms with Gasteiger partial charge < -0.3 is 15.8 Å². The second kappa shape index (κ2) is 7.28. The van der Waals surface area contributed by atoms with Gasteiger partial charge in [0.1, 0.15) is 0 Å². The summed E-state index contributed by atoms with van der Waals surface area (Å²) >= 11 is 0. The van der Waals surface area contributed by atoms with Crippen LogP contribution in [-0.2, 0) is 0 Å². The molecule has 0 aliphatic heterocycles. The Morgan fingerprint density at radius 1 is 1.42 bits per heavy atom. The minimum atomic E-state index is 0.306. The highest BCUT2D eigenvalue weighted by atomic mass is 16.5. The third-order valence-corrected chi connectivity index (χ3v) is 3.57. The molecular formula is C14H24N4O. The Morgan fingerprint density at radius 2 is 2.26 bits per heavy atom. The molecular weight excluding hydrogens is 240 g/mol. The van der Waals surface area contributed by atoms with Gasteiger partial charge in [-0.1, -0.05) is 19.8 Å². The number of hydrogen-bond acceptors (Lipinski definition) is 5. The Balaban J connectivity index is 1.84. The largest absolute Gasteiger partial charge is 0.478 e. The first kappa shape index (κ1) is 14.1. The first-order valence-corrected chi connectivity index (χ1v) is 7.25. The van der Waals surface area contributed by atoms with Gasteiger partial charge in [-0.15, -0.1) is 0 Å². The van der Waals surface area contributed by atoms with Crippen LogP contribution in [0.2, 0.25) is 0 Å². The van der Waals surface area contributed by atoms with E-state index >= 15 is 0 Å². The number of hydrogen-bond donors (Lipinski definition) is 2. The van der Waals surface area contributed by atoms with E-state index < -0.39 is 0 Å². The smallest absolute Gasteiger partial charge is 0.225 e. The molecule has 1 aliphatic rings. The van der Waals surface area contributed by atoms with E-state index in [0.717, 1.165) is 19.4 Å². The molecule has 1 saturated carbocycles. The average molecular weight is 264 g/mol. The number of nitrogens with zero attached hydrogens (tertiary/aromatic N) is 2. The van der Waals surface area contributed by atoms with Crippen LogP contribution in [0.15, 0.2) is 12.3 Å². The van der Waals surface area contributed by atoms with E-state index in [0.29, 0.717) is 30.4 Å². The standard InChI is InChI=1S/C14H24N4O/c1-2-9-19-13-7-8-16-14(18-13)17-10-11-5-3-4-6-12(11)15/h7-8,11-12H,2-6,9-10,15H2,1H3,(H,16,17,18). The summed E-state index contributed by atoms with van der Waals surface area (Å²) in [5, 5.41) is 3.28. The van der Waals surface area contributed by atoms with Crippen LogP contribution in [0.3, 0.4) is 0 Å². The second-order valence-corrected chi connectivity index (χ2v) is 5.16. The summed E-state index contributed by atoms with van der Waals surface area (Å²) in [6, 6.07) is 2.09. The van der Waals surface area contributed by atoms with E-state index in [1.807, 2.05) is 0 Å². The van der Waals surface area contributed by atoms with Crippen LogP contribution in [0.25, 0.3) is 0 Å². The van der Waals surface area contributed by atoms with Crippen LogP contribution in [-0.4, -0.2) is 29.2 Å². The van der Waals surface area contributed by atoms with Gasteiger partial charge in [0, 0.05) is 24.8 Å². The summed E-state index contributed by atoms with van der Waals surface area (Å²) in [5.41, 5.74) is 6.13. The van der Waals surface area contributed by atoms with Gasteiger partial charge in [-0.3, -0.25) is 0 Å². The molecule has 106 valence electrons. The molecule has 0 aromatic carbocycles. The summed E-state index contributed by atoms with van der Waals surface area (Å²) in [5.74, 6) is 1.79. The maximum absolute atomic E-state index is 6.13. The highest BCUT2D eigenvalue weighted by molar-refractivity contribution is 5.27. The Labute approximate surface area is 115 Å². The maximum Gasteiger partial charge on any atom is 0.225 e. The van der Waals surface area contributed by atoms with Crippen molar-refractivity contribution in [1.29, 1.82) is 0 Å². The molecule has 1 aliphatic carbocycles. The van der Waals surface area contributed by atoms with Crippen molar-refractivity contribution in [3.05, 3.63) is 12.3 Å². The van der Waals surface area contributed by atoms with Gasteiger partial charge in [-0.25, -0.2) is 4.98 Å². The number of nitrogens with two attached hydrogens (primary N) is 1. The Bertz CT molecular complexity index is 385. The number of ether oxygens (including phenoxy) is 1. The van der Waals surface area contributed by atoms with Gasteiger partial charge in [0.05, 0.1) is 6.61 Å². The van der Waals surface area contributed by atoms with Gasteiger partial charge in [-0.2, -0.15) is 4.98 Å². The quantitative estimate of drug-likeness (QED) is 0.824. The van der Waals surface area contributed by atoms with Crippen LogP contribution >= 0.6 is 0 Å². The zero-order valence-corrected chi connectivity index (χ0v) is 11.6. The van der Waals surface area contributed by atoms with E-state index in [1.54, 1.807) is 12.3 Å². The van der Waals surface area contributed by atoms with Crippen LogP contribution in [0.4, 0.5) is 5.95 Å². The van der Waals surface area contributed by atoms with Gasteiger partial charge in [-0.05, 0) is 25.2 Å². The lowest BCUT2D eigenvalue weighted by Crippen LogP contribution is -2.37. The van der Waals surface area contributed by atoms with Gasteiger partial charge in [0.25, 0.3) is 0 Å². The SMILES string of the molecule is CCCOc1ccnc(NCC2CCCCC2N)n1. The van der Waals surface area contributed by atoms with Crippen molar-refractivity contribution < 1.29 is 4.74 Å². The number of anilines is 1. The van der Waals surface area contributed by atoms with E-state index in [-0.39, 0.29) is 0 Å². The summed E-state index contributed by atoms with van der Waals surface area (Å²) < 4.78 is 5.49. The third-order valence-electron chi connectivity index (χ3n) is 3.57. The van der Waals surface area contributed by atoms with Crippen molar-refractivity contribution in [1.82, 2.24) is 9.97 Å². The monoisotopic (exact) mass is 264 g/mol. The second-order valence-electron chi connectivity index (χ2n) is 5.16. The van der Waals surface area contributed by atoms with E-state index in [4.69, 9.17) is 10.5 Å². The van der Waals surface area contributed by atoms with Gasteiger partial charge >= 0.3 is 0 Å². The van der Waals surface area contributed by atoms with Crippen molar-refractivity contribution >= 4 is 5.95 Å². The van der Waals surface area contributed by atoms with Crippen molar-refractivity contribution in [3.8, 4) is 5.88 Å². The molecule has 1 fully saturated rings. The van der Waals surface area contributed by atoms with E-state index in [2.05, 4.69) is 22.2 Å². The predicted molar refractivity (Wildman–Crippen MR) is 76.2 cm³/mol. The third kappa shape index (κ3) is 4.35. The molecule has 1 heterocycles. The Kier molecular flexibility index (Phi) is 5.39. The van der Waals surface area contributed by atoms with Crippen molar-refractivity contribution in [2.45, 2.75) is 45.1 Å². The lowest BCUT2D eigenvalue weighted by atomic mass is 9.85. The normalized spacial score (nSPS) is 23.1. The number of rotatable bonds is 6. The van der Waals surface area contributed by atoms with Crippen LogP contribution < -0.4 is 15.8 Å². The zero-order valence-electron chi connectivity index (χ0n) is 11.6. The molecule has 1 aromatic heterocycles. The molecule has 0 saturated heterocycles. The molecule has 0 bridgehead atoms. The summed E-state index contributed by atoms with van der Waals surface area (Å²) in [6.07, 6.45) is 7.56. The first-order valence-electron chi connectivity index (χ1n) is 7.25. The highest BCUT2D eigenvalue weighted by Crippen LogP contribution is 2.23. The molecule has 5 heteroatoms. The molecule has 2 rings (SSSR count). The summed E-state index contributed by atoms with van der Waals surface area (Å²) in [4.78, 5) is 8.55. The van der Waals surface area contributed by atoms with Crippen LogP contribution in [0, 0.1) is 5.92 Å². The topological polar surface area (TPSA) is 73.1 Å². The molecule has 0 spiro atoms. The molecule has 0 amide bonds. The van der Waals surface area contributed by atoms with E-state index in [1.165, 1.54) is 19.3 Å². The van der Waals surface area contributed by atoms with Crippen molar-refractivity contribution in [3.63, 3.8) is 0 Å². The molecule has 3 N–H and O–H groups in total. The summed E-state index contributed by atoms with van der Waals surface area (Å²) in [6.45, 7) is 3.60. The maximum atomic E-state index is 6.13. The fourth-order valence-electron chi connectivity index (χ4n) is 2.43. The van der Waals surface area contributed by atoms with Crippen LogP contribution in [0.1, 0.15) is 39.0 Å². The molecule has 0 radical (unpaired) electrons.